The van der Waals surface area contributed by atoms with Crippen molar-refractivity contribution in [1.29, 1.82) is 0 Å². The van der Waals surface area contributed by atoms with Gasteiger partial charge in [0, 0.05) is 18.3 Å². The minimum Gasteiger partial charge on any atom is -0.497 e. The fourth-order valence-electron chi connectivity index (χ4n) is 4.59. The quantitative estimate of drug-likeness (QED) is 0.607. The molecule has 1 aliphatic heterocycles. The van der Waals surface area contributed by atoms with Gasteiger partial charge in [-0.05, 0) is 36.5 Å². The van der Waals surface area contributed by atoms with Crippen molar-refractivity contribution >= 4 is 5.97 Å². The molecule has 1 fully saturated rings. The molecule has 0 aromatic heterocycles. The number of hydrogen-bond acceptors (Lipinski definition) is 4. The van der Waals surface area contributed by atoms with Gasteiger partial charge >= 0.3 is 5.97 Å². The molecule has 5 atom stereocenters. The van der Waals surface area contributed by atoms with E-state index in [4.69, 9.17) is 14.2 Å². The molecule has 0 saturated carbocycles. The van der Waals surface area contributed by atoms with Crippen LogP contribution in [0, 0.1) is 23.2 Å². The Bertz CT molecular complexity index is 663. The summed E-state index contributed by atoms with van der Waals surface area (Å²) in [5, 5.41) is 0. The fraction of sp³-hybridized carbons (Fsp3) is 0.571. The molecule has 1 saturated heterocycles. The lowest BCUT2D eigenvalue weighted by molar-refractivity contribution is -0.180. The van der Waals surface area contributed by atoms with Gasteiger partial charge < -0.3 is 14.2 Å². The van der Waals surface area contributed by atoms with Crippen LogP contribution in [-0.4, -0.2) is 26.3 Å². The molecule has 2 bridgehead atoms. The molecule has 0 amide bonds. The van der Waals surface area contributed by atoms with Crippen LogP contribution >= 0.6 is 0 Å². The van der Waals surface area contributed by atoms with Gasteiger partial charge in [-0.2, -0.15) is 0 Å². The van der Waals surface area contributed by atoms with Crippen LogP contribution in [0.15, 0.2) is 35.9 Å². The summed E-state index contributed by atoms with van der Waals surface area (Å²) in [5.41, 5.74) is 2.37. The van der Waals surface area contributed by atoms with Gasteiger partial charge in [-0.25, -0.2) is 0 Å². The molecule has 3 rings (SSSR count). The van der Waals surface area contributed by atoms with Crippen molar-refractivity contribution < 1.29 is 19.0 Å². The van der Waals surface area contributed by atoms with Gasteiger partial charge in [-0.1, -0.05) is 37.6 Å². The fourth-order valence-corrected chi connectivity index (χ4v) is 4.59. The van der Waals surface area contributed by atoms with E-state index in [0.29, 0.717) is 25.0 Å². The maximum Gasteiger partial charge on any atom is 0.302 e. The third-order valence-corrected chi connectivity index (χ3v) is 6.24. The van der Waals surface area contributed by atoms with Crippen LogP contribution in [0.25, 0.3) is 0 Å². The van der Waals surface area contributed by atoms with E-state index >= 15 is 0 Å². The highest BCUT2D eigenvalue weighted by molar-refractivity contribution is 5.66. The van der Waals surface area contributed by atoms with Gasteiger partial charge in [0.1, 0.15) is 5.75 Å². The van der Waals surface area contributed by atoms with Crippen LogP contribution in [0.3, 0.4) is 0 Å². The molecule has 1 heterocycles. The zero-order valence-electron chi connectivity index (χ0n) is 15.7. The van der Waals surface area contributed by atoms with E-state index in [1.165, 1.54) is 18.1 Å². The van der Waals surface area contributed by atoms with E-state index < -0.39 is 0 Å². The van der Waals surface area contributed by atoms with Gasteiger partial charge in [0.2, 0.25) is 0 Å². The van der Waals surface area contributed by atoms with Gasteiger partial charge in [-0.15, -0.1) is 0 Å². The average Bonchev–Trinajstić information content (AvgIpc) is 2.59. The summed E-state index contributed by atoms with van der Waals surface area (Å²) < 4.78 is 17.1. The molecule has 4 nitrogen and oxygen atoms in total. The molecular formula is C21H28O4. The van der Waals surface area contributed by atoms with E-state index in [9.17, 15) is 4.79 Å². The largest absolute Gasteiger partial charge is 0.497 e. The van der Waals surface area contributed by atoms with Crippen LogP contribution in [0.2, 0.25) is 0 Å². The first-order valence-corrected chi connectivity index (χ1v) is 8.96. The smallest absolute Gasteiger partial charge is 0.302 e. The highest BCUT2D eigenvalue weighted by atomic mass is 16.5. The van der Waals surface area contributed by atoms with Gasteiger partial charge in [-0.3, -0.25) is 4.79 Å². The SMILES string of the molecule is COc1ccc([C@@H]2OC[C@]3(COC(C)=O)[C@H](C)C=C(C)[C@H]2[C@H]3C)cc1. The molecular weight excluding hydrogens is 316 g/mol. The monoisotopic (exact) mass is 344 g/mol. The molecule has 0 spiro atoms. The van der Waals surface area contributed by atoms with E-state index in [1.54, 1.807) is 7.11 Å². The summed E-state index contributed by atoms with van der Waals surface area (Å²) in [5.74, 6) is 1.59. The highest BCUT2D eigenvalue weighted by Gasteiger charge is 2.54. The Balaban J connectivity index is 1.92. The summed E-state index contributed by atoms with van der Waals surface area (Å²) in [7, 11) is 1.67. The Kier molecular flexibility index (Phi) is 4.92. The highest BCUT2D eigenvalue weighted by Crippen LogP contribution is 2.56. The number of rotatable bonds is 4. The molecule has 0 unspecified atom stereocenters. The number of benzene rings is 1. The molecule has 0 N–H and O–H groups in total. The number of fused-ring (bicyclic) bond motifs is 2. The number of methoxy groups -OCH3 is 1. The lowest BCUT2D eigenvalue weighted by Crippen LogP contribution is -2.54. The Morgan fingerprint density at radius 3 is 2.56 bits per heavy atom. The molecule has 1 aromatic rings. The minimum absolute atomic E-state index is 0.0232. The van der Waals surface area contributed by atoms with Crippen LogP contribution in [0.4, 0.5) is 0 Å². The molecule has 4 heteroatoms. The Morgan fingerprint density at radius 1 is 1.28 bits per heavy atom. The van der Waals surface area contributed by atoms with E-state index in [2.05, 4.69) is 39.0 Å². The van der Waals surface area contributed by atoms with Crippen molar-refractivity contribution in [3.63, 3.8) is 0 Å². The van der Waals surface area contributed by atoms with E-state index in [-0.39, 0.29) is 23.4 Å². The topological polar surface area (TPSA) is 44.8 Å². The average molecular weight is 344 g/mol. The van der Waals surface area contributed by atoms with Crippen LogP contribution in [-0.2, 0) is 14.3 Å². The van der Waals surface area contributed by atoms with Crippen molar-refractivity contribution in [1.82, 2.24) is 0 Å². The van der Waals surface area contributed by atoms with Crippen molar-refractivity contribution in [3.8, 4) is 5.75 Å². The first-order chi connectivity index (χ1) is 11.9. The molecule has 1 aromatic carbocycles. The Morgan fingerprint density at radius 2 is 1.96 bits per heavy atom. The standard InChI is InChI=1S/C21H28O4/c1-13-10-14(2)21(11-24-16(4)22)12-25-20(19(13)15(21)3)17-6-8-18(23-5)9-7-17/h6-10,14-15,19-20H,11-12H2,1-5H3/t14-,15-,19+,20+,21-/m1/s1. The van der Waals surface area contributed by atoms with Crippen molar-refractivity contribution in [2.45, 2.75) is 33.8 Å². The zero-order valence-corrected chi connectivity index (χ0v) is 15.7. The maximum absolute atomic E-state index is 11.4. The number of ether oxygens (including phenoxy) is 3. The molecule has 25 heavy (non-hydrogen) atoms. The van der Waals surface area contributed by atoms with Crippen molar-refractivity contribution in [2.75, 3.05) is 20.3 Å². The van der Waals surface area contributed by atoms with Crippen molar-refractivity contribution in [2.24, 2.45) is 23.2 Å². The first-order valence-electron chi connectivity index (χ1n) is 8.96. The van der Waals surface area contributed by atoms with E-state index in [1.807, 2.05) is 12.1 Å². The van der Waals surface area contributed by atoms with Gasteiger partial charge in [0.25, 0.3) is 0 Å². The molecule has 136 valence electrons. The second kappa shape index (κ2) is 6.83. The number of esters is 1. The minimum atomic E-state index is -0.228. The van der Waals surface area contributed by atoms with Crippen LogP contribution in [0.5, 0.6) is 5.75 Å². The lowest BCUT2D eigenvalue weighted by atomic mass is 9.56. The summed E-state index contributed by atoms with van der Waals surface area (Å²) in [6, 6.07) is 8.13. The third kappa shape index (κ3) is 3.08. The third-order valence-electron chi connectivity index (χ3n) is 6.24. The summed E-state index contributed by atoms with van der Waals surface area (Å²) in [6.45, 7) is 9.16. The predicted octanol–water partition coefficient (Wildman–Crippen LogP) is 4.16. The van der Waals surface area contributed by atoms with Crippen LogP contribution in [0.1, 0.15) is 39.4 Å². The van der Waals surface area contributed by atoms with Gasteiger partial charge in [0.15, 0.2) is 0 Å². The molecule has 0 radical (unpaired) electrons. The predicted molar refractivity (Wildman–Crippen MR) is 96.3 cm³/mol. The molecule has 1 aliphatic carbocycles. The maximum atomic E-state index is 11.4. The normalized spacial score (nSPS) is 34.2. The second-order valence-corrected chi connectivity index (χ2v) is 7.53. The summed E-state index contributed by atoms with van der Waals surface area (Å²) in [6.07, 6.45) is 2.36. The number of carbonyl (C=O) groups is 1. The van der Waals surface area contributed by atoms with Crippen LogP contribution < -0.4 is 4.74 Å². The number of allylic oxidation sites excluding steroid dienone is 1. The number of carbonyl (C=O) groups excluding carboxylic acids is 1. The zero-order chi connectivity index (χ0) is 18.2. The molecule has 2 aliphatic rings. The first kappa shape index (κ1) is 18.0. The second-order valence-electron chi connectivity index (χ2n) is 7.53. The van der Waals surface area contributed by atoms with E-state index in [0.717, 1.165) is 5.75 Å². The summed E-state index contributed by atoms with van der Waals surface area (Å²) >= 11 is 0. The lowest BCUT2D eigenvalue weighted by Gasteiger charge is -2.55. The van der Waals surface area contributed by atoms with Crippen molar-refractivity contribution in [3.05, 3.63) is 41.5 Å². The Labute approximate surface area is 150 Å². The summed E-state index contributed by atoms with van der Waals surface area (Å²) in [4.78, 5) is 11.4. The Hall–Kier alpha value is -1.81. The number of hydrogen-bond donors (Lipinski definition) is 0. The van der Waals surface area contributed by atoms with Gasteiger partial charge in [0.05, 0.1) is 26.4 Å².